The lowest BCUT2D eigenvalue weighted by molar-refractivity contribution is -0.106. The zero-order chi connectivity index (χ0) is 26.1. The number of benzene rings is 1. The number of aryl methyl sites for hydroxylation is 1. The highest BCUT2D eigenvalue weighted by Gasteiger charge is 2.21. The maximum absolute atomic E-state index is 14.7. The van der Waals surface area contributed by atoms with Crippen LogP contribution < -0.4 is 21.2 Å². The van der Waals surface area contributed by atoms with E-state index in [0.29, 0.717) is 40.4 Å². The largest absolute Gasteiger partial charge is 0.494 e. The molecule has 0 aliphatic carbocycles. The zero-order valence-electron chi connectivity index (χ0n) is 21.1. The molecule has 188 valence electrons. The summed E-state index contributed by atoms with van der Waals surface area (Å²) in [5.41, 5.74) is 9.36. The number of hydrogen-bond acceptors (Lipinski definition) is 7. The summed E-state index contributed by atoms with van der Waals surface area (Å²) in [5.74, 6) is 0.128. The number of aromatic nitrogens is 3. The molecule has 3 N–H and O–H groups in total. The minimum atomic E-state index is -0.450. The molecule has 8 nitrogen and oxygen atoms in total. The summed E-state index contributed by atoms with van der Waals surface area (Å²) < 4.78 is 22.2. The van der Waals surface area contributed by atoms with Gasteiger partial charge in [-0.15, -0.1) is 0 Å². The third-order valence-corrected chi connectivity index (χ3v) is 7.89. The van der Waals surface area contributed by atoms with Gasteiger partial charge in [-0.1, -0.05) is 28.7 Å². The van der Waals surface area contributed by atoms with Gasteiger partial charge in [0.15, 0.2) is 11.5 Å². The molecule has 2 heterocycles. The van der Waals surface area contributed by atoms with E-state index in [2.05, 4.69) is 29.2 Å². The molecular formula is C25H33FN5O3P. The Hall–Kier alpha value is -3.32. The van der Waals surface area contributed by atoms with Gasteiger partial charge in [-0.2, -0.15) is 5.10 Å². The van der Waals surface area contributed by atoms with E-state index in [9.17, 15) is 9.18 Å². The summed E-state index contributed by atoms with van der Waals surface area (Å²) in [6.07, 6.45) is 4.59. The molecular weight excluding hydrogens is 468 g/mol. The fourth-order valence-corrected chi connectivity index (χ4v) is 5.52. The van der Waals surface area contributed by atoms with Crippen LogP contribution in [0.25, 0.3) is 11.3 Å². The molecule has 0 aliphatic rings. The number of aldehydes is 1. The number of hydrogen-bond donors (Lipinski definition) is 2. The van der Waals surface area contributed by atoms with Crippen molar-refractivity contribution < 1.29 is 18.7 Å². The summed E-state index contributed by atoms with van der Waals surface area (Å²) in [7, 11) is 3.10. The number of carbonyl (C=O) groups excluding carboxylic acids is 2. The Labute approximate surface area is 206 Å². The number of nitrogens with one attached hydrogen (secondary N) is 1. The molecule has 0 unspecified atom stereocenters. The fourth-order valence-electron chi connectivity index (χ4n) is 3.66. The van der Waals surface area contributed by atoms with Gasteiger partial charge < -0.3 is 20.6 Å². The Balaban J connectivity index is 0.00000137. The highest BCUT2D eigenvalue weighted by Crippen LogP contribution is 2.40. The van der Waals surface area contributed by atoms with Crippen LogP contribution in [-0.4, -0.2) is 46.3 Å². The second-order valence-electron chi connectivity index (χ2n) is 7.51. The predicted molar refractivity (Wildman–Crippen MR) is 141 cm³/mol. The van der Waals surface area contributed by atoms with E-state index in [1.165, 1.54) is 32.4 Å². The third-order valence-electron chi connectivity index (χ3n) is 5.29. The van der Waals surface area contributed by atoms with Crippen LogP contribution in [0.15, 0.2) is 30.5 Å². The van der Waals surface area contributed by atoms with E-state index in [1.54, 1.807) is 13.0 Å². The summed E-state index contributed by atoms with van der Waals surface area (Å²) in [6.45, 7) is 7.55. The number of carbonyl (C=O) groups is 2. The van der Waals surface area contributed by atoms with E-state index in [1.807, 2.05) is 17.8 Å². The number of Topliss-reactive ketones (excluding diaryl/α,β-unsaturated/α-hetero) is 1. The number of nitrogens with two attached hydrogens (primary N) is 1. The van der Waals surface area contributed by atoms with E-state index in [4.69, 9.17) is 15.3 Å². The van der Waals surface area contributed by atoms with Crippen molar-refractivity contribution in [2.75, 3.05) is 30.5 Å². The number of ether oxygens (including phenoxy) is 1. The number of pyridine rings is 1. The standard InChI is InChI=1S/C23H29FN5O2P.C2H4O/c1-6-20(30)16-13-26-21(25)11-17(16)27-19-10-14(24)9-15(23(19)31-5)18-12-22(29(4)28-18)32(7-2)8-3;1-2-3/h9-13H,6-8H2,1-5H3,(H3,25,26,27);2H,1H3. The SMILES string of the molecule is CC=O.CCC(=O)c1cnc(N)cc1Nc1cc(F)cc(-c2cc(P(CC)CC)n(C)n2)c1OC. The number of rotatable bonds is 9. The maximum atomic E-state index is 14.7. The van der Waals surface area contributed by atoms with Crippen molar-refractivity contribution in [3.05, 3.63) is 41.8 Å². The minimum absolute atomic E-state index is 0.0996. The van der Waals surface area contributed by atoms with Crippen molar-refractivity contribution >= 4 is 42.6 Å². The predicted octanol–water partition coefficient (Wildman–Crippen LogP) is 4.90. The summed E-state index contributed by atoms with van der Waals surface area (Å²) in [5, 5.41) is 7.77. The number of methoxy groups -OCH3 is 1. The smallest absolute Gasteiger partial charge is 0.166 e. The summed E-state index contributed by atoms with van der Waals surface area (Å²) >= 11 is 0. The number of ketones is 1. The molecule has 2 aromatic heterocycles. The van der Waals surface area contributed by atoms with Gasteiger partial charge in [0.25, 0.3) is 0 Å². The first-order chi connectivity index (χ1) is 16.7. The topological polar surface area (TPSA) is 112 Å². The molecule has 0 spiro atoms. The Morgan fingerprint density at radius 2 is 1.86 bits per heavy atom. The van der Waals surface area contributed by atoms with Crippen LogP contribution in [0.1, 0.15) is 44.5 Å². The van der Waals surface area contributed by atoms with Crippen molar-refractivity contribution in [1.82, 2.24) is 14.8 Å². The van der Waals surface area contributed by atoms with Crippen LogP contribution in [0.4, 0.5) is 21.6 Å². The number of anilines is 3. The van der Waals surface area contributed by atoms with Crippen LogP contribution in [-0.2, 0) is 11.8 Å². The monoisotopic (exact) mass is 501 g/mol. The first-order valence-corrected chi connectivity index (χ1v) is 13.1. The Morgan fingerprint density at radius 3 is 2.43 bits per heavy atom. The normalized spacial score (nSPS) is 10.5. The van der Waals surface area contributed by atoms with E-state index in [-0.39, 0.29) is 19.5 Å². The third kappa shape index (κ3) is 6.63. The molecule has 0 aliphatic heterocycles. The molecule has 0 amide bonds. The molecule has 0 atom stereocenters. The number of nitrogen functional groups attached to an aromatic ring is 1. The van der Waals surface area contributed by atoms with Crippen LogP contribution in [0.2, 0.25) is 0 Å². The van der Waals surface area contributed by atoms with Crippen molar-refractivity contribution in [3.63, 3.8) is 0 Å². The first kappa shape index (κ1) is 27.9. The molecule has 35 heavy (non-hydrogen) atoms. The van der Waals surface area contributed by atoms with E-state index >= 15 is 0 Å². The maximum Gasteiger partial charge on any atom is 0.166 e. The van der Waals surface area contributed by atoms with Crippen LogP contribution in [0.5, 0.6) is 5.75 Å². The van der Waals surface area contributed by atoms with Gasteiger partial charge in [-0.25, -0.2) is 9.37 Å². The average molecular weight is 502 g/mol. The van der Waals surface area contributed by atoms with Crippen molar-refractivity contribution in [1.29, 1.82) is 0 Å². The van der Waals surface area contributed by atoms with Gasteiger partial charge in [-0.05, 0) is 31.4 Å². The lowest BCUT2D eigenvalue weighted by atomic mass is 10.1. The lowest BCUT2D eigenvalue weighted by Crippen LogP contribution is -2.14. The Morgan fingerprint density at radius 1 is 1.20 bits per heavy atom. The average Bonchev–Trinajstić information content (AvgIpc) is 3.21. The van der Waals surface area contributed by atoms with Crippen LogP contribution in [0, 0.1) is 5.82 Å². The van der Waals surface area contributed by atoms with Crippen molar-refractivity contribution in [2.45, 2.75) is 34.1 Å². The van der Waals surface area contributed by atoms with Gasteiger partial charge in [0.05, 0.1) is 35.2 Å². The van der Waals surface area contributed by atoms with Crippen molar-refractivity contribution in [3.8, 4) is 17.0 Å². The summed E-state index contributed by atoms with van der Waals surface area (Å²) in [4.78, 5) is 25.2. The van der Waals surface area contributed by atoms with Crippen LogP contribution in [0.3, 0.4) is 0 Å². The quantitative estimate of drug-likeness (QED) is 0.244. The molecule has 0 saturated carbocycles. The van der Waals surface area contributed by atoms with E-state index < -0.39 is 5.82 Å². The van der Waals surface area contributed by atoms with Gasteiger partial charge in [0.1, 0.15) is 17.9 Å². The van der Waals surface area contributed by atoms with Crippen LogP contribution >= 0.6 is 7.92 Å². The van der Waals surface area contributed by atoms with E-state index in [0.717, 1.165) is 24.0 Å². The molecule has 1 aromatic carbocycles. The Bertz CT molecular complexity index is 1180. The highest BCUT2D eigenvalue weighted by molar-refractivity contribution is 7.65. The molecule has 3 aromatic rings. The Kier molecular flexibility index (Phi) is 10.3. The molecule has 0 fully saturated rings. The number of nitrogens with zero attached hydrogens (tertiary/aromatic N) is 3. The second kappa shape index (κ2) is 13.0. The van der Waals surface area contributed by atoms with Gasteiger partial charge in [-0.3, -0.25) is 9.48 Å². The molecule has 0 saturated heterocycles. The number of halogens is 1. The zero-order valence-corrected chi connectivity index (χ0v) is 21.9. The van der Waals surface area contributed by atoms with Crippen molar-refractivity contribution in [2.24, 2.45) is 7.05 Å². The molecule has 3 rings (SSSR count). The lowest BCUT2D eigenvalue weighted by Gasteiger charge is -2.16. The summed E-state index contributed by atoms with van der Waals surface area (Å²) in [6, 6.07) is 6.31. The van der Waals surface area contributed by atoms with Gasteiger partial charge >= 0.3 is 0 Å². The molecule has 0 radical (unpaired) electrons. The first-order valence-electron chi connectivity index (χ1n) is 11.4. The van der Waals surface area contributed by atoms with Gasteiger partial charge in [0, 0.05) is 37.4 Å². The van der Waals surface area contributed by atoms with Gasteiger partial charge in [0.2, 0.25) is 0 Å². The highest BCUT2D eigenvalue weighted by atomic mass is 31.1. The molecule has 10 heteroatoms. The minimum Gasteiger partial charge on any atom is -0.494 e. The second-order valence-corrected chi connectivity index (χ2v) is 10.3. The fraction of sp³-hybridized carbons (Fsp3) is 0.360. The molecule has 0 bridgehead atoms.